The molecule has 3 aromatic rings. The summed E-state index contributed by atoms with van der Waals surface area (Å²) in [6, 6.07) is 30.0. The molecule has 2 heterocycles. The van der Waals surface area contributed by atoms with Crippen molar-refractivity contribution in [2.45, 2.75) is 38.6 Å². The fourth-order valence-corrected chi connectivity index (χ4v) is 5.12. The molecular weight excluding hydrogens is 364 g/mol. The van der Waals surface area contributed by atoms with Crippen molar-refractivity contribution in [3.8, 4) is 0 Å². The van der Waals surface area contributed by atoms with Gasteiger partial charge in [0, 0.05) is 22.5 Å². The summed E-state index contributed by atoms with van der Waals surface area (Å²) in [6.07, 6.45) is 0. The summed E-state index contributed by atoms with van der Waals surface area (Å²) in [7, 11) is 0. The normalized spacial score (nSPS) is 24.4. The van der Waals surface area contributed by atoms with E-state index in [1.54, 1.807) is 0 Å². The first kappa shape index (κ1) is 18.9. The minimum Gasteiger partial charge on any atom is -0.376 e. The van der Waals surface area contributed by atoms with Crippen LogP contribution in [0.5, 0.6) is 0 Å². The van der Waals surface area contributed by atoms with Gasteiger partial charge in [0.05, 0.1) is 22.6 Å². The molecule has 2 aliphatic rings. The number of nitrogens with one attached hydrogen (secondary N) is 1. The van der Waals surface area contributed by atoms with E-state index < -0.39 is 0 Å². The summed E-state index contributed by atoms with van der Waals surface area (Å²) in [4.78, 5) is 5.38. The van der Waals surface area contributed by atoms with Crippen LogP contribution in [-0.2, 0) is 5.41 Å². The van der Waals surface area contributed by atoms with Gasteiger partial charge >= 0.3 is 0 Å². The number of hydrogen-bond donors (Lipinski definition) is 1. The SMILES string of the molecule is CC1C(c2ccccc2)=NC(c2ccccc2)=C2N[C@@]1(C)C(C)(C)c1ccccc12. The van der Waals surface area contributed by atoms with Gasteiger partial charge in [-0.05, 0) is 18.1 Å². The summed E-state index contributed by atoms with van der Waals surface area (Å²) >= 11 is 0. The third kappa shape index (κ3) is 2.60. The highest BCUT2D eigenvalue weighted by atomic mass is 15.1. The highest BCUT2D eigenvalue weighted by molar-refractivity contribution is 6.09. The number of rotatable bonds is 2. The molecule has 0 aromatic heterocycles. The Labute approximate surface area is 179 Å². The van der Waals surface area contributed by atoms with Gasteiger partial charge in [-0.25, -0.2) is 4.99 Å². The van der Waals surface area contributed by atoms with Crippen molar-refractivity contribution in [1.29, 1.82) is 0 Å². The lowest BCUT2D eigenvalue weighted by Crippen LogP contribution is -2.63. The maximum atomic E-state index is 5.38. The van der Waals surface area contributed by atoms with E-state index >= 15 is 0 Å². The summed E-state index contributed by atoms with van der Waals surface area (Å²) in [5, 5.41) is 4.00. The molecule has 0 saturated heterocycles. The standard InChI is InChI=1S/C28H28N2/c1-19-24(20-13-7-5-8-14-20)29-25(21-15-9-6-10-16-21)26-22-17-11-12-18-23(22)27(2,3)28(19,4)30-26/h5-19,30H,1-4H3/t19?,28-/m1/s1. The summed E-state index contributed by atoms with van der Waals surface area (Å²) in [5.41, 5.74) is 7.99. The van der Waals surface area contributed by atoms with Crippen molar-refractivity contribution in [3.63, 3.8) is 0 Å². The lowest BCUT2D eigenvalue weighted by atomic mass is 9.59. The Hall–Kier alpha value is -3.13. The van der Waals surface area contributed by atoms with Crippen LogP contribution in [0.25, 0.3) is 11.4 Å². The van der Waals surface area contributed by atoms with Crippen LogP contribution in [0.2, 0.25) is 0 Å². The number of nitrogens with zero attached hydrogens (tertiary/aromatic N) is 1. The first-order chi connectivity index (χ1) is 14.4. The molecule has 0 spiro atoms. The van der Waals surface area contributed by atoms with E-state index in [9.17, 15) is 0 Å². The molecule has 2 heteroatoms. The van der Waals surface area contributed by atoms with E-state index in [0.717, 1.165) is 22.7 Å². The molecule has 2 aliphatic heterocycles. The zero-order chi connectivity index (χ0) is 20.9. The Morgan fingerprint density at radius 3 is 1.97 bits per heavy atom. The minimum atomic E-state index is -0.193. The summed E-state index contributed by atoms with van der Waals surface area (Å²) < 4.78 is 0. The van der Waals surface area contributed by atoms with E-state index in [1.807, 2.05) is 0 Å². The predicted molar refractivity (Wildman–Crippen MR) is 126 cm³/mol. The van der Waals surface area contributed by atoms with E-state index in [0.29, 0.717) is 0 Å². The van der Waals surface area contributed by atoms with Crippen LogP contribution in [0.15, 0.2) is 89.9 Å². The Morgan fingerprint density at radius 1 is 0.733 bits per heavy atom. The van der Waals surface area contributed by atoms with Crippen molar-refractivity contribution in [2.75, 3.05) is 0 Å². The third-order valence-corrected chi connectivity index (χ3v) is 7.41. The van der Waals surface area contributed by atoms with Crippen molar-refractivity contribution in [1.82, 2.24) is 5.32 Å². The summed E-state index contributed by atoms with van der Waals surface area (Å²) in [6.45, 7) is 9.41. The maximum Gasteiger partial charge on any atom is 0.0943 e. The second-order valence-electron chi connectivity index (χ2n) is 9.17. The molecule has 0 fully saturated rings. The van der Waals surface area contributed by atoms with Crippen LogP contribution in [0.1, 0.15) is 49.9 Å². The average molecular weight is 393 g/mol. The zero-order valence-corrected chi connectivity index (χ0v) is 18.1. The predicted octanol–water partition coefficient (Wildman–Crippen LogP) is 6.29. The zero-order valence-electron chi connectivity index (χ0n) is 18.1. The topological polar surface area (TPSA) is 24.4 Å². The van der Waals surface area contributed by atoms with Gasteiger partial charge in [-0.3, -0.25) is 0 Å². The minimum absolute atomic E-state index is 0.0752. The summed E-state index contributed by atoms with van der Waals surface area (Å²) in [5.74, 6) is 0.208. The fourth-order valence-electron chi connectivity index (χ4n) is 5.12. The Kier molecular flexibility index (Phi) is 4.21. The Balaban J connectivity index is 1.89. The van der Waals surface area contributed by atoms with Crippen LogP contribution < -0.4 is 5.32 Å². The lowest BCUT2D eigenvalue weighted by Gasteiger charge is -2.53. The van der Waals surface area contributed by atoms with Crippen molar-refractivity contribution in [2.24, 2.45) is 10.9 Å². The first-order valence-electron chi connectivity index (χ1n) is 10.8. The van der Waals surface area contributed by atoms with Crippen LogP contribution in [-0.4, -0.2) is 11.3 Å². The van der Waals surface area contributed by atoms with Crippen LogP contribution >= 0.6 is 0 Å². The van der Waals surface area contributed by atoms with Crippen LogP contribution in [0.3, 0.4) is 0 Å². The second kappa shape index (κ2) is 6.70. The first-order valence-corrected chi connectivity index (χ1v) is 10.8. The van der Waals surface area contributed by atoms with Gasteiger partial charge < -0.3 is 5.32 Å². The number of fused-ring (bicyclic) bond motifs is 4. The van der Waals surface area contributed by atoms with Gasteiger partial charge in [0.25, 0.3) is 0 Å². The molecule has 150 valence electrons. The van der Waals surface area contributed by atoms with Crippen molar-refractivity contribution in [3.05, 3.63) is 107 Å². The number of aliphatic imine (C=N–C) groups is 1. The second-order valence-corrected chi connectivity index (χ2v) is 9.17. The van der Waals surface area contributed by atoms with E-state index in [-0.39, 0.29) is 16.9 Å². The van der Waals surface area contributed by atoms with E-state index in [1.165, 1.54) is 16.7 Å². The monoisotopic (exact) mass is 392 g/mol. The molecule has 2 nitrogen and oxygen atoms in total. The Bertz CT molecular complexity index is 1160. The molecule has 0 aliphatic carbocycles. The van der Waals surface area contributed by atoms with Gasteiger partial charge in [-0.15, -0.1) is 0 Å². The lowest BCUT2D eigenvalue weighted by molar-refractivity contribution is 0.195. The molecule has 0 saturated carbocycles. The third-order valence-electron chi connectivity index (χ3n) is 7.41. The largest absolute Gasteiger partial charge is 0.376 e. The molecule has 1 unspecified atom stereocenters. The van der Waals surface area contributed by atoms with Crippen LogP contribution in [0.4, 0.5) is 0 Å². The average Bonchev–Trinajstić information content (AvgIpc) is 2.89. The molecule has 0 radical (unpaired) electrons. The smallest absolute Gasteiger partial charge is 0.0943 e. The molecule has 3 aromatic carbocycles. The molecule has 2 atom stereocenters. The molecule has 5 rings (SSSR count). The quantitative estimate of drug-likeness (QED) is 0.544. The molecule has 2 bridgehead atoms. The molecule has 0 amide bonds. The van der Waals surface area contributed by atoms with Gasteiger partial charge in [0.1, 0.15) is 0 Å². The highest BCUT2D eigenvalue weighted by Crippen LogP contribution is 2.51. The number of benzene rings is 3. The van der Waals surface area contributed by atoms with Gasteiger partial charge in [-0.2, -0.15) is 0 Å². The Morgan fingerprint density at radius 2 is 1.30 bits per heavy atom. The number of hydrogen-bond acceptors (Lipinski definition) is 2. The maximum absolute atomic E-state index is 5.38. The van der Waals surface area contributed by atoms with Crippen molar-refractivity contribution < 1.29 is 0 Å². The molecule has 30 heavy (non-hydrogen) atoms. The van der Waals surface area contributed by atoms with Crippen LogP contribution in [0, 0.1) is 5.92 Å². The van der Waals surface area contributed by atoms with Gasteiger partial charge in [0.15, 0.2) is 0 Å². The van der Waals surface area contributed by atoms with E-state index in [2.05, 4.69) is 118 Å². The van der Waals surface area contributed by atoms with Gasteiger partial charge in [0.2, 0.25) is 0 Å². The van der Waals surface area contributed by atoms with Gasteiger partial charge in [-0.1, -0.05) is 106 Å². The van der Waals surface area contributed by atoms with Crippen molar-refractivity contribution >= 4 is 17.1 Å². The van der Waals surface area contributed by atoms with E-state index in [4.69, 9.17) is 4.99 Å². The molecular formula is C28H28N2. The fraction of sp³-hybridized carbons (Fsp3) is 0.250. The highest BCUT2D eigenvalue weighted by Gasteiger charge is 2.53. The molecule has 1 N–H and O–H groups in total.